The van der Waals surface area contributed by atoms with Crippen molar-refractivity contribution in [3.8, 4) is 0 Å². The largest absolute Gasteiger partial charge is 0.396 e. The number of aromatic amines is 1. The van der Waals surface area contributed by atoms with E-state index in [1.165, 1.54) is 5.01 Å². The fourth-order valence-electron chi connectivity index (χ4n) is 4.70. The lowest BCUT2D eigenvalue weighted by Crippen LogP contribution is -2.42. The lowest BCUT2D eigenvalue weighted by Gasteiger charge is -2.34. The summed E-state index contributed by atoms with van der Waals surface area (Å²) >= 11 is 0. The van der Waals surface area contributed by atoms with E-state index in [2.05, 4.69) is 21.2 Å². The number of amides is 1. The van der Waals surface area contributed by atoms with Gasteiger partial charge in [-0.25, -0.2) is 5.84 Å². The Balaban J connectivity index is 1.32. The maximum Gasteiger partial charge on any atom is 0.254 e. The molecule has 2 aliphatic heterocycles. The minimum atomic E-state index is -0.0183. The molecule has 3 aromatic rings. The molecule has 2 saturated heterocycles. The number of fused-ring (bicyclic) bond motifs is 1. The van der Waals surface area contributed by atoms with Crippen molar-refractivity contribution in [2.75, 3.05) is 62.5 Å². The molecule has 1 aromatic heterocycles. The number of hydrazine groups is 1. The number of aliphatic hydroxyl groups excluding tert-OH is 1. The molecular weight excluding hydrogens is 474 g/mol. The number of morpholine rings is 2. The highest BCUT2D eigenvalue weighted by atomic mass is 16.5. The molecule has 196 valence electrons. The van der Waals surface area contributed by atoms with Crippen molar-refractivity contribution >= 4 is 33.9 Å². The van der Waals surface area contributed by atoms with Crippen molar-refractivity contribution in [2.45, 2.75) is 12.5 Å². The molecule has 0 saturated carbocycles. The first-order valence-electron chi connectivity index (χ1n) is 12.5. The normalized spacial score (nSPS) is 18.9. The summed E-state index contributed by atoms with van der Waals surface area (Å²) in [6.45, 7) is 4.51. The van der Waals surface area contributed by atoms with E-state index in [1.807, 2.05) is 12.1 Å². The number of anilines is 2. The molecule has 6 N–H and O–H groups in total. The zero-order chi connectivity index (χ0) is 25.8. The van der Waals surface area contributed by atoms with Gasteiger partial charge < -0.3 is 30.1 Å². The third-order valence-corrected chi connectivity index (χ3v) is 6.76. The minimum absolute atomic E-state index is 0.00424. The molecule has 5 rings (SSSR count). The number of aliphatic hydroxyl groups is 1. The highest BCUT2D eigenvalue weighted by Gasteiger charge is 2.22. The molecule has 37 heavy (non-hydrogen) atoms. The number of aromatic nitrogens is 2. The number of hydrogen-bond acceptors (Lipinski definition) is 9. The molecule has 0 spiro atoms. The van der Waals surface area contributed by atoms with Gasteiger partial charge in [0, 0.05) is 55.6 Å². The Morgan fingerprint density at radius 3 is 2.70 bits per heavy atom. The minimum Gasteiger partial charge on any atom is -0.396 e. The summed E-state index contributed by atoms with van der Waals surface area (Å²) in [6, 6.07) is 13.2. The number of nitrogens with two attached hydrogens (primary N) is 2. The van der Waals surface area contributed by atoms with Gasteiger partial charge >= 0.3 is 0 Å². The summed E-state index contributed by atoms with van der Waals surface area (Å²) in [5.74, 6) is 6.27. The second kappa shape index (κ2) is 11.2. The predicted molar refractivity (Wildman–Crippen MR) is 142 cm³/mol. The van der Waals surface area contributed by atoms with Gasteiger partial charge in [0.2, 0.25) is 0 Å². The second-order valence-corrected chi connectivity index (χ2v) is 9.20. The van der Waals surface area contributed by atoms with Crippen LogP contribution >= 0.6 is 0 Å². The van der Waals surface area contributed by atoms with E-state index in [9.17, 15) is 9.90 Å². The van der Waals surface area contributed by atoms with E-state index >= 15 is 0 Å². The van der Waals surface area contributed by atoms with Crippen LogP contribution in [0.2, 0.25) is 0 Å². The van der Waals surface area contributed by atoms with Gasteiger partial charge in [-0.15, -0.1) is 0 Å². The lowest BCUT2D eigenvalue weighted by molar-refractivity contribution is 0.0247. The van der Waals surface area contributed by atoms with E-state index in [-0.39, 0.29) is 18.6 Å². The molecule has 2 aliphatic rings. The van der Waals surface area contributed by atoms with E-state index in [0.29, 0.717) is 68.5 Å². The van der Waals surface area contributed by atoms with Gasteiger partial charge in [-0.3, -0.25) is 14.9 Å². The zero-order valence-corrected chi connectivity index (χ0v) is 20.7. The average molecular weight is 508 g/mol. The smallest absolute Gasteiger partial charge is 0.254 e. The van der Waals surface area contributed by atoms with Crippen LogP contribution in [0.1, 0.15) is 22.5 Å². The first kappa shape index (κ1) is 25.0. The summed E-state index contributed by atoms with van der Waals surface area (Å²) in [6.07, 6.45) is 2.23. The number of rotatable bonds is 7. The van der Waals surface area contributed by atoms with Crippen LogP contribution in [0.15, 0.2) is 48.7 Å². The summed E-state index contributed by atoms with van der Waals surface area (Å²) in [4.78, 5) is 16.7. The van der Waals surface area contributed by atoms with Gasteiger partial charge in [-0.2, -0.15) is 5.10 Å². The van der Waals surface area contributed by atoms with Crippen molar-refractivity contribution in [3.63, 3.8) is 0 Å². The number of ether oxygens (including phenoxy) is 2. The third kappa shape index (κ3) is 5.54. The Kier molecular flexibility index (Phi) is 7.56. The Bertz CT molecular complexity index is 1250. The van der Waals surface area contributed by atoms with E-state index in [1.54, 1.807) is 35.4 Å². The van der Waals surface area contributed by atoms with Crippen LogP contribution in [-0.4, -0.2) is 84.8 Å². The Hall–Kier alpha value is -3.64. The maximum absolute atomic E-state index is 12.7. The SMILES string of the molecule is N/C(=C\N(N)c1ccc(C(=O)N2CCOCC2)cc1)c1n[nH]c2ccc(N3CCOC(CCO)C3)cc12. The standard InChI is InChI=1S/C26H33N7O4/c27-23(17-33(28)19-3-1-18(2-4-19)26(35)31-8-12-36-13-9-31)25-22-15-20(5-6-24(22)29-30-25)32-10-14-37-21(16-32)7-11-34/h1-6,15,17,21,34H,7-14,16,27-28H2,(H,29,30)/b23-17-. The third-order valence-electron chi connectivity index (χ3n) is 6.76. The highest BCUT2D eigenvalue weighted by Crippen LogP contribution is 2.28. The summed E-state index contributed by atoms with van der Waals surface area (Å²) < 4.78 is 11.1. The number of carbonyl (C=O) groups is 1. The second-order valence-electron chi connectivity index (χ2n) is 9.20. The van der Waals surface area contributed by atoms with Gasteiger partial charge in [0.05, 0.1) is 42.8 Å². The Morgan fingerprint density at radius 1 is 1.16 bits per heavy atom. The Morgan fingerprint density at radius 2 is 1.95 bits per heavy atom. The monoisotopic (exact) mass is 507 g/mol. The van der Waals surface area contributed by atoms with Gasteiger partial charge in [0.15, 0.2) is 0 Å². The van der Waals surface area contributed by atoms with Crippen LogP contribution in [-0.2, 0) is 9.47 Å². The number of benzene rings is 2. The molecule has 11 heteroatoms. The van der Waals surface area contributed by atoms with Crippen LogP contribution < -0.4 is 21.5 Å². The Labute approximate surface area is 215 Å². The first-order chi connectivity index (χ1) is 18.0. The molecule has 1 unspecified atom stereocenters. The summed E-state index contributed by atoms with van der Waals surface area (Å²) in [7, 11) is 0. The van der Waals surface area contributed by atoms with Crippen molar-refractivity contribution in [2.24, 2.45) is 11.6 Å². The topological polar surface area (TPSA) is 146 Å². The molecular formula is C26H33N7O4. The molecule has 3 heterocycles. The van der Waals surface area contributed by atoms with Crippen LogP contribution in [0.4, 0.5) is 11.4 Å². The average Bonchev–Trinajstić information content (AvgIpc) is 3.37. The number of hydrogen-bond donors (Lipinski definition) is 4. The molecule has 2 aromatic carbocycles. The number of H-pyrrole nitrogens is 1. The molecule has 11 nitrogen and oxygen atoms in total. The van der Waals surface area contributed by atoms with Crippen LogP contribution in [0, 0.1) is 0 Å². The van der Waals surface area contributed by atoms with E-state index in [4.69, 9.17) is 21.1 Å². The summed E-state index contributed by atoms with van der Waals surface area (Å²) in [5, 5.41) is 19.0. The molecule has 2 fully saturated rings. The van der Waals surface area contributed by atoms with E-state index < -0.39 is 0 Å². The predicted octanol–water partition coefficient (Wildman–Crippen LogP) is 1.26. The number of nitrogens with one attached hydrogen (secondary N) is 1. The molecule has 0 bridgehead atoms. The van der Waals surface area contributed by atoms with Gasteiger partial charge in [0.1, 0.15) is 5.69 Å². The van der Waals surface area contributed by atoms with Crippen molar-refractivity contribution in [1.82, 2.24) is 15.1 Å². The van der Waals surface area contributed by atoms with Crippen molar-refractivity contribution in [1.29, 1.82) is 0 Å². The van der Waals surface area contributed by atoms with Crippen LogP contribution in [0.25, 0.3) is 16.6 Å². The summed E-state index contributed by atoms with van der Waals surface area (Å²) in [5.41, 5.74) is 10.6. The fraction of sp³-hybridized carbons (Fsp3) is 0.385. The number of nitrogens with zero attached hydrogens (tertiary/aromatic N) is 4. The molecule has 1 amide bonds. The molecule has 0 aliphatic carbocycles. The fourth-order valence-corrected chi connectivity index (χ4v) is 4.70. The van der Waals surface area contributed by atoms with Crippen LogP contribution in [0.5, 0.6) is 0 Å². The highest BCUT2D eigenvalue weighted by molar-refractivity contribution is 5.95. The first-order valence-corrected chi connectivity index (χ1v) is 12.5. The van der Waals surface area contributed by atoms with Crippen LogP contribution in [0.3, 0.4) is 0 Å². The quantitative estimate of drug-likeness (QED) is 0.274. The van der Waals surface area contributed by atoms with E-state index in [0.717, 1.165) is 23.1 Å². The lowest BCUT2D eigenvalue weighted by atomic mass is 10.1. The maximum atomic E-state index is 12.7. The van der Waals surface area contributed by atoms with Gasteiger partial charge in [0.25, 0.3) is 5.91 Å². The molecule has 1 atom stereocenters. The number of carbonyl (C=O) groups excluding carboxylic acids is 1. The van der Waals surface area contributed by atoms with Gasteiger partial charge in [-0.1, -0.05) is 0 Å². The zero-order valence-electron chi connectivity index (χ0n) is 20.7. The molecule has 0 radical (unpaired) electrons. The van der Waals surface area contributed by atoms with Crippen molar-refractivity contribution in [3.05, 3.63) is 59.9 Å². The van der Waals surface area contributed by atoms with Crippen molar-refractivity contribution < 1.29 is 19.4 Å². The van der Waals surface area contributed by atoms with Gasteiger partial charge in [-0.05, 0) is 48.9 Å².